The molecule has 0 heterocycles. The topological polar surface area (TPSA) is 68.3 Å². The Morgan fingerprint density at radius 2 is 0.811 bits per heavy atom. The monoisotopic (exact) mass is 498 g/mol. The minimum absolute atomic E-state index is 0.00398. The van der Waals surface area contributed by atoms with E-state index >= 15 is 0 Å². The zero-order valence-electron chi connectivity index (χ0n) is 23.1. The van der Waals surface area contributed by atoms with Gasteiger partial charge in [0.15, 0.2) is 17.3 Å². The molecule has 3 rings (SSSR count). The lowest BCUT2D eigenvalue weighted by Crippen LogP contribution is -2.13. The van der Waals surface area contributed by atoms with E-state index in [1.54, 1.807) is 24.3 Å². The second-order valence-electron chi connectivity index (χ2n) is 11.3. The maximum Gasteiger partial charge on any atom is 0.170 e. The summed E-state index contributed by atoms with van der Waals surface area (Å²) in [7, 11) is 0. The van der Waals surface area contributed by atoms with Crippen molar-refractivity contribution in [2.24, 2.45) is 0 Å². The number of carbonyl (C=O) groups is 4. The number of Topliss-reactive ketones (excluding diaryl/α,β-unsaturated/α-hetero) is 4. The molecular formula is C33H38O4. The van der Waals surface area contributed by atoms with Crippen LogP contribution in [0.15, 0.2) is 78.9 Å². The van der Waals surface area contributed by atoms with Gasteiger partial charge in [0.25, 0.3) is 0 Å². The maximum atomic E-state index is 12.4. The van der Waals surface area contributed by atoms with E-state index in [0.29, 0.717) is 16.7 Å². The van der Waals surface area contributed by atoms with Gasteiger partial charge in [0.2, 0.25) is 0 Å². The normalized spacial score (nSPS) is 11.2. The van der Waals surface area contributed by atoms with Gasteiger partial charge < -0.3 is 0 Å². The van der Waals surface area contributed by atoms with Crippen LogP contribution >= 0.6 is 0 Å². The van der Waals surface area contributed by atoms with Gasteiger partial charge in [-0.1, -0.05) is 120 Å². The molecule has 0 aliphatic carbocycles. The van der Waals surface area contributed by atoms with Crippen LogP contribution < -0.4 is 0 Å². The minimum atomic E-state index is -0.134. The zero-order valence-corrected chi connectivity index (χ0v) is 23.1. The van der Waals surface area contributed by atoms with Gasteiger partial charge in [-0.2, -0.15) is 0 Å². The van der Waals surface area contributed by atoms with Crippen LogP contribution in [0.2, 0.25) is 0 Å². The van der Waals surface area contributed by atoms with E-state index in [1.807, 2.05) is 54.6 Å². The van der Waals surface area contributed by atoms with Crippen LogP contribution in [0, 0.1) is 0 Å². The Labute approximate surface area is 221 Å². The minimum Gasteiger partial charge on any atom is -0.300 e. The molecule has 194 valence electrons. The van der Waals surface area contributed by atoms with Crippen molar-refractivity contribution in [3.05, 3.63) is 107 Å². The predicted octanol–water partition coefficient (Wildman–Crippen LogP) is 7.59. The molecule has 0 atom stereocenters. The maximum absolute atomic E-state index is 12.4. The van der Waals surface area contributed by atoms with Crippen LogP contribution in [0.1, 0.15) is 104 Å². The van der Waals surface area contributed by atoms with Gasteiger partial charge in [-0.25, -0.2) is 0 Å². The van der Waals surface area contributed by atoms with Crippen LogP contribution in [0.3, 0.4) is 0 Å². The third kappa shape index (κ3) is 9.38. The van der Waals surface area contributed by atoms with Gasteiger partial charge in [-0.3, -0.25) is 19.2 Å². The van der Waals surface area contributed by atoms with Gasteiger partial charge in [-0.05, 0) is 28.9 Å². The van der Waals surface area contributed by atoms with Crippen LogP contribution in [0.5, 0.6) is 0 Å². The zero-order chi connectivity index (χ0) is 27.8. The molecule has 3 aromatic rings. The summed E-state index contributed by atoms with van der Waals surface area (Å²) in [6.07, 6.45) is -0.0895. The fraction of sp³-hybridized carbons (Fsp3) is 0.333. The molecule has 0 fully saturated rings. The van der Waals surface area contributed by atoms with Crippen molar-refractivity contribution >= 4 is 23.1 Å². The Morgan fingerprint density at radius 1 is 0.486 bits per heavy atom. The lowest BCUT2D eigenvalue weighted by Gasteiger charge is -2.19. The van der Waals surface area contributed by atoms with Crippen LogP contribution in [-0.4, -0.2) is 23.1 Å². The molecule has 0 spiro atoms. The van der Waals surface area contributed by atoms with Crippen molar-refractivity contribution in [1.82, 2.24) is 0 Å². The summed E-state index contributed by atoms with van der Waals surface area (Å²) in [6.45, 7) is 14.2. The molecule has 0 amide bonds. The highest BCUT2D eigenvalue weighted by Gasteiger charge is 2.18. The third-order valence-electron chi connectivity index (χ3n) is 5.97. The highest BCUT2D eigenvalue weighted by atomic mass is 16.2. The van der Waals surface area contributed by atoms with Gasteiger partial charge in [0.05, 0.1) is 12.8 Å². The Hall–Kier alpha value is -3.66. The Balaban J connectivity index is 0.000000335. The number of ketones is 4. The number of carbonyl (C=O) groups excluding carboxylic acids is 4. The molecule has 0 aliphatic heterocycles. The first kappa shape index (κ1) is 29.6. The molecular weight excluding hydrogens is 460 g/mol. The summed E-state index contributed by atoms with van der Waals surface area (Å²) < 4.78 is 0. The summed E-state index contributed by atoms with van der Waals surface area (Å²) in [5.41, 5.74) is 4.23. The highest BCUT2D eigenvalue weighted by Crippen LogP contribution is 2.24. The fourth-order valence-electron chi connectivity index (χ4n) is 3.61. The van der Waals surface area contributed by atoms with Crippen molar-refractivity contribution in [2.75, 3.05) is 0 Å². The van der Waals surface area contributed by atoms with Crippen molar-refractivity contribution in [3.63, 3.8) is 0 Å². The average molecular weight is 499 g/mol. The highest BCUT2D eigenvalue weighted by molar-refractivity contribution is 6.13. The Morgan fingerprint density at radius 3 is 1.14 bits per heavy atom. The van der Waals surface area contributed by atoms with Gasteiger partial charge in [0, 0.05) is 16.7 Å². The lowest BCUT2D eigenvalue weighted by atomic mass is 9.86. The molecule has 0 N–H and O–H groups in total. The summed E-state index contributed by atoms with van der Waals surface area (Å²) in [4.78, 5) is 46.6. The van der Waals surface area contributed by atoms with E-state index in [4.69, 9.17) is 0 Å². The Kier molecular flexibility index (Phi) is 10.0. The van der Waals surface area contributed by atoms with Gasteiger partial charge >= 0.3 is 0 Å². The van der Waals surface area contributed by atoms with Crippen LogP contribution in [-0.2, 0) is 15.6 Å². The van der Waals surface area contributed by atoms with Crippen molar-refractivity contribution < 1.29 is 19.2 Å². The summed E-state index contributed by atoms with van der Waals surface area (Å²) in [5, 5.41) is 0. The molecule has 4 nitrogen and oxygen atoms in total. The van der Waals surface area contributed by atoms with Crippen molar-refractivity contribution in [2.45, 2.75) is 72.1 Å². The second-order valence-corrected chi connectivity index (χ2v) is 11.3. The molecule has 4 heteroatoms. The standard InChI is InChI=1S/C23H28O2.C10H10O2/c1-22(2,3)18-11-7-16(8-12-18)20(24)15-21(25)17-9-13-19(14-10-17)23(4,5)6;1-8(11)7-10(12)9-5-3-2-4-6-9/h7-14H,15H2,1-6H3;2-6H,7H2,1H3. The Bertz CT molecular complexity index is 1150. The van der Waals surface area contributed by atoms with E-state index < -0.39 is 0 Å². The quantitative estimate of drug-likeness (QED) is 0.249. The van der Waals surface area contributed by atoms with E-state index in [0.717, 1.165) is 0 Å². The second kappa shape index (κ2) is 12.5. The molecule has 0 unspecified atom stereocenters. The first-order chi connectivity index (χ1) is 17.2. The summed E-state index contributed by atoms with van der Waals surface area (Å²) in [6, 6.07) is 24.0. The average Bonchev–Trinajstić information content (AvgIpc) is 2.83. The van der Waals surface area contributed by atoms with Crippen molar-refractivity contribution in [1.29, 1.82) is 0 Å². The largest absolute Gasteiger partial charge is 0.300 e. The first-order valence-corrected chi connectivity index (χ1v) is 12.5. The summed E-state index contributed by atoms with van der Waals surface area (Å²) in [5.74, 6) is -0.470. The molecule has 0 radical (unpaired) electrons. The van der Waals surface area contributed by atoms with Crippen LogP contribution in [0.4, 0.5) is 0 Å². The molecule has 0 aromatic heterocycles. The van der Waals surface area contributed by atoms with Gasteiger partial charge in [0.1, 0.15) is 5.78 Å². The van der Waals surface area contributed by atoms with E-state index in [9.17, 15) is 19.2 Å². The molecule has 0 bridgehead atoms. The van der Waals surface area contributed by atoms with E-state index in [-0.39, 0.29) is 46.8 Å². The molecule has 0 aliphatic rings. The molecule has 0 saturated heterocycles. The number of hydrogen-bond acceptors (Lipinski definition) is 4. The van der Waals surface area contributed by atoms with Crippen molar-refractivity contribution in [3.8, 4) is 0 Å². The number of hydrogen-bond donors (Lipinski definition) is 0. The van der Waals surface area contributed by atoms with Crippen LogP contribution in [0.25, 0.3) is 0 Å². The molecule has 0 saturated carbocycles. The molecule has 37 heavy (non-hydrogen) atoms. The summed E-state index contributed by atoms with van der Waals surface area (Å²) >= 11 is 0. The third-order valence-corrected chi connectivity index (χ3v) is 5.97. The molecule has 3 aromatic carbocycles. The van der Waals surface area contributed by atoms with Gasteiger partial charge in [-0.15, -0.1) is 0 Å². The lowest BCUT2D eigenvalue weighted by molar-refractivity contribution is -0.116. The smallest absolute Gasteiger partial charge is 0.170 e. The van der Waals surface area contributed by atoms with E-state index in [2.05, 4.69) is 41.5 Å². The number of benzene rings is 3. The predicted molar refractivity (Wildman–Crippen MR) is 150 cm³/mol. The van der Waals surface area contributed by atoms with E-state index in [1.165, 1.54) is 18.1 Å². The first-order valence-electron chi connectivity index (χ1n) is 12.5. The fourth-order valence-corrected chi connectivity index (χ4v) is 3.61. The number of rotatable bonds is 7. The SMILES string of the molecule is CC(=O)CC(=O)c1ccccc1.CC(C)(C)c1ccc(C(=O)CC(=O)c2ccc(C(C)(C)C)cc2)cc1.